The summed E-state index contributed by atoms with van der Waals surface area (Å²) < 4.78 is 1.61. The summed E-state index contributed by atoms with van der Waals surface area (Å²) in [5, 5.41) is 0. The molecule has 0 aliphatic rings. The van der Waals surface area contributed by atoms with Crippen LogP contribution in [0.4, 0.5) is 5.69 Å². The molecule has 0 saturated heterocycles. The third kappa shape index (κ3) is 1.49. The van der Waals surface area contributed by atoms with Crippen molar-refractivity contribution in [2.75, 3.05) is 5.73 Å². The Morgan fingerprint density at radius 1 is 1.50 bits per heavy atom. The predicted molar refractivity (Wildman–Crippen MR) is 50.1 cm³/mol. The molecule has 0 aliphatic carbocycles. The average Bonchev–Trinajstić information content (AvgIpc) is 2.07. The highest BCUT2D eigenvalue weighted by atomic mass is 16.1. The predicted octanol–water partition coefficient (Wildman–Crippen LogP) is 0.920. The molecule has 12 heavy (non-hydrogen) atoms. The lowest BCUT2D eigenvalue weighted by molar-refractivity contribution is 0.749. The molecule has 1 aromatic rings. The molecule has 0 unspecified atom stereocenters. The molecule has 2 N–H and O–H groups in total. The van der Waals surface area contributed by atoms with Crippen LogP contribution in [0.5, 0.6) is 0 Å². The van der Waals surface area contributed by atoms with Crippen molar-refractivity contribution in [3.63, 3.8) is 0 Å². The second kappa shape index (κ2) is 3.43. The van der Waals surface area contributed by atoms with Gasteiger partial charge in [-0.1, -0.05) is 13.3 Å². The summed E-state index contributed by atoms with van der Waals surface area (Å²) in [6.45, 7) is 2.08. The Morgan fingerprint density at radius 2 is 2.17 bits per heavy atom. The van der Waals surface area contributed by atoms with Gasteiger partial charge < -0.3 is 10.3 Å². The van der Waals surface area contributed by atoms with Crippen LogP contribution in [-0.4, -0.2) is 4.57 Å². The van der Waals surface area contributed by atoms with Gasteiger partial charge >= 0.3 is 0 Å². The van der Waals surface area contributed by atoms with Crippen molar-refractivity contribution in [1.29, 1.82) is 0 Å². The maximum atomic E-state index is 11.3. The van der Waals surface area contributed by atoms with Crippen molar-refractivity contribution in [1.82, 2.24) is 4.57 Å². The van der Waals surface area contributed by atoms with E-state index in [0.717, 1.165) is 18.5 Å². The summed E-state index contributed by atoms with van der Waals surface area (Å²) in [6, 6.07) is 3.58. The summed E-state index contributed by atoms with van der Waals surface area (Å²) >= 11 is 0. The van der Waals surface area contributed by atoms with Gasteiger partial charge in [0.15, 0.2) is 0 Å². The molecule has 0 amide bonds. The van der Waals surface area contributed by atoms with Crippen LogP contribution in [0, 0.1) is 0 Å². The molecule has 1 heterocycles. The third-order valence-corrected chi connectivity index (χ3v) is 1.94. The van der Waals surface area contributed by atoms with Crippen molar-refractivity contribution in [3.8, 4) is 0 Å². The first-order valence-corrected chi connectivity index (χ1v) is 4.11. The molecule has 0 radical (unpaired) electrons. The fourth-order valence-corrected chi connectivity index (χ4v) is 1.20. The molecule has 1 rings (SSSR count). The molecule has 0 spiro atoms. The van der Waals surface area contributed by atoms with Crippen LogP contribution in [0.25, 0.3) is 0 Å². The van der Waals surface area contributed by atoms with Crippen molar-refractivity contribution in [3.05, 3.63) is 28.2 Å². The van der Waals surface area contributed by atoms with Crippen LogP contribution in [0.1, 0.15) is 19.0 Å². The van der Waals surface area contributed by atoms with E-state index in [-0.39, 0.29) is 5.56 Å². The lowest BCUT2D eigenvalue weighted by Crippen LogP contribution is -2.22. The van der Waals surface area contributed by atoms with Crippen molar-refractivity contribution >= 4 is 5.69 Å². The normalized spacial score (nSPS) is 10.2. The molecule has 66 valence electrons. The summed E-state index contributed by atoms with van der Waals surface area (Å²) in [5.41, 5.74) is 6.71. The summed E-state index contributed by atoms with van der Waals surface area (Å²) in [4.78, 5) is 11.3. The first-order chi connectivity index (χ1) is 5.66. The summed E-state index contributed by atoms with van der Waals surface area (Å²) in [7, 11) is 1.75. The maximum Gasteiger partial charge on any atom is 0.273 e. The van der Waals surface area contributed by atoms with Gasteiger partial charge in [0, 0.05) is 12.7 Å². The molecule has 1 aromatic heterocycles. The lowest BCUT2D eigenvalue weighted by atomic mass is 10.2. The topological polar surface area (TPSA) is 48.0 Å². The number of nitrogen functional groups attached to an aromatic ring is 1. The molecule has 0 atom stereocenters. The smallest absolute Gasteiger partial charge is 0.273 e. The summed E-state index contributed by atoms with van der Waals surface area (Å²) in [6.07, 6.45) is 1.96. The van der Waals surface area contributed by atoms with E-state index in [4.69, 9.17) is 5.73 Å². The van der Waals surface area contributed by atoms with Crippen LogP contribution in [-0.2, 0) is 13.5 Å². The van der Waals surface area contributed by atoms with E-state index < -0.39 is 0 Å². The molecule has 0 aliphatic heterocycles. The fraction of sp³-hybridized carbons (Fsp3) is 0.444. The van der Waals surface area contributed by atoms with Gasteiger partial charge in [0.2, 0.25) is 0 Å². The Hall–Kier alpha value is -1.25. The van der Waals surface area contributed by atoms with Gasteiger partial charge in [0.25, 0.3) is 5.56 Å². The zero-order chi connectivity index (χ0) is 9.14. The van der Waals surface area contributed by atoms with Crippen LogP contribution in [0.15, 0.2) is 16.9 Å². The number of rotatable bonds is 2. The van der Waals surface area contributed by atoms with Gasteiger partial charge in [-0.15, -0.1) is 0 Å². The van der Waals surface area contributed by atoms with Crippen LogP contribution in [0.3, 0.4) is 0 Å². The highest BCUT2D eigenvalue weighted by Gasteiger charge is 2.00. The Bertz CT molecular complexity index is 328. The number of aryl methyl sites for hydroxylation is 1. The largest absolute Gasteiger partial charge is 0.394 e. The molecule has 0 saturated carbocycles. The average molecular weight is 166 g/mol. The van der Waals surface area contributed by atoms with Gasteiger partial charge in [-0.25, -0.2) is 0 Å². The van der Waals surface area contributed by atoms with E-state index in [1.54, 1.807) is 17.7 Å². The van der Waals surface area contributed by atoms with E-state index in [1.165, 1.54) is 0 Å². The SMILES string of the molecule is CCCc1ccc(N)c(=O)n1C. The summed E-state index contributed by atoms with van der Waals surface area (Å²) in [5.74, 6) is 0. The number of aromatic nitrogens is 1. The van der Waals surface area contributed by atoms with Crippen LogP contribution < -0.4 is 11.3 Å². The monoisotopic (exact) mass is 166 g/mol. The van der Waals surface area contributed by atoms with Gasteiger partial charge in [-0.3, -0.25) is 4.79 Å². The Balaban J connectivity index is 3.18. The standard InChI is InChI=1S/C9H14N2O/c1-3-4-7-5-6-8(10)9(12)11(7)2/h5-6H,3-4,10H2,1-2H3. The highest BCUT2D eigenvalue weighted by molar-refractivity contribution is 5.35. The molecule has 0 fully saturated rings. The second-order valence-corrected chi connectivity index (χ2v) is 2.89. The van der Waals surface area contributed by atoms with Crippen LogP contribution in [0.2, 0.25) is 0 Å². The van der Waals surface area contributed by atoms with Crippen LogP contribution >= 0.6 is 0 Å². The van der Waals surface area contributed by atoms with E-state index in [1.807, 2.05) is 6.07 Å². The number of nitrogens with two attached hydrogens (primary N) is 1. The number of hydrogen-bond donors (Lipinski definition) is 1. The third-order valence-electron chi connectivity index (χ3n) is 1.94. The Labute approximate surface area is 71.8 Å². The van der Waals surface area contributed by atoms with Gasteiger partial charge in [0.05, 0.1) is 5.69 Å². The molecule has 0 bridgehead atoms. The number of hydrogen-bond acceptors (Lipinski definition) is 2. The molecular formula is C9H14N2O. The van der Waals surface area contributed by atoms with E-state index in [2.05, 4.69) is 6.92 Å². The Kier molecular flexibility index (Phi) is 2.53. The van der Waals surface area contributed by atoms with Crippen molar-refractivity contribution in [2.45, 2.75) is 19.8 Å². The van der Waals surface area contributed by atoms with E-state index in [0.29, 0.717) is 5.69 Å². The molecular weight excluding hydrogens is 152 g/mol. The van der Waals surface area contributed by atoms with Gasteiger partial charge in [-0.2, -0.15) is 0 Å². The minimum Gasteiger partial charge on any atom is -0.394 e. The molecule has 3 heteroatoms. The van der Waals surface area contributed by atoms with E-state index >= 15 is 0 Å². The number of nitrogens with zero attached hydrogens (tertiary/aromatic N) is 1. The quantitative estimate of drug-likeness (QED) is 0.710. The van der Waals surface area contributed by atoms with E-state index in [9.17, 15) is 4.79 Å². The minimum atomic E-state index is -0.0963. The number of pyridine rings is 1. The lowest BCUT2D eigenvalue weighted by Gasteiger charge is -2.06. The van der Waals surface area contributed by atoms with Gasteiger partial charge in [0.1, 0.15) is 0 Å². The second-order valence-electron chi connectivity index (χ2n) is 2.89. The molecule has 0 aromatic carbocycles. The fourth-order valence-electron chi connectivity index (χ4n) is 1.20. The molecule has 3 nitrogen and oxygen atoms in total. The maximum absolute atomic E-state index is 11.3. The zero-order valence-corrected chi connectivity index (χ0v) is 7.50. The van der Waals surface area contributed by atoms with Crippen molar-refractivity contribution in [2.24, 2.45) is 7.05 Å². The number of anilines is 1. The Morgan fingerprint density at radius 3 is 2.75 bits per heavy atom. The first-order valence-electron chi connectivity index (χ1n) is 4.11. The highest BCUT2D eigenvalue weighted by Crippen LogP contribution is 2.01. The zero-order valence-electron chi connectivity index (χ0n) is 7.50. The first kappa shape index (κ1) is 8.84. The minimum absolute atomic E-state index is 0.0963. The van der Waals surface area contributed by atoms with Gasteiger partial charge in [-0.05, 0) is 18.6 Å². The van der Waals surface area contributed by atoms with Crippen molar-refractivity contribution < 1.29 is 0 Å².